The van der Waals surface area contributed by atoms with Crippen molar-refractivity contribution in [3.63, 3.8) is 0 Å². The van der Waals surface area contributed by atoms with Gasteiger partial charge >= 0.3 is 0 Å². The third kappa shape index (κ3) is 4.05. The van der Waals surface area contributed by atoms with E-state index in [4.69, 9.17) is 0 Å². The molecular weight excluding hydrogens is 393 g/mol. The summed E-state index contributed by atoms with van der Waals surface area (Å²) in [5.74, 6) is -2.23. The Morgan fingerprint density at radius 3 is 2.17 bits per heavy atom. The van der Waals surface area contributed by atoms with E-state index in [2.05, 4.69) is 5.32 Å². The van der Waals surface area contributed by atoms with Crippen LogP contribution in [-0.4, -0.2) is 23.3 Å². The minimum atomic E-state index is -0.803. The fourth-order valence-corrected chi connectivity index (χ4v) is 3.59. The van der Waals surface area contributed by atoms with Crippen LogP contribution >= 0.6 is 0 Å². The van der Waals surface area contributed by atoms with Crippen molar-refractivity contribution < 1.29 is 22.8 Å². The smallest absolute Gasteiger partial charge is 0.244 e. The average molecular weight is 410 g/mol. The van der Waals surface area contributed by atoms with Crippen molar-refractivity contribution in [1.29, 1.82) is 0 Å². The monoisotopic (exact) mass is 410 g/mol. The van der Waals surface area contributed by atoms with Gasteiger partial charge in [-0.05, 0) is 53.6 Å². The predicted molar refractivity (Wildman–Crippen MR) is 105 cm³/mol. The molecule has 1 unspecified atom stereocenters. The normalized spacial score (nSPS) is 15.9. The standard InChI is InChI=1S/C23H17F3N2O2/c24-16-5-1-14(2-6-16)11-22(30)28-13-21(29)27-20-10-9-18(26)12-19(20)23(28)15-3-7-17(25)8-4-15/h1-10,12,23H,11,13H2,(H,27,29). The van der Waals surface area contributed by atoms with Gasteiger partial charge in [0.15, 0.2) is 0 Å². The van der Waals surface area contributed by atoms with Crippen molar-refractivity contribution in [1.82, 2.24) is 4.90 Å². The summed E-state index contributed by atoms with van der Waals surface area (Å²) in [6, 6.07) is 14.1. The highest BCUT2D eigenvalue weighted by Crippen LogP contribution is 2.36. The highest BCUT2D eigenvalue weighted by atomic mass is 19.1. The zero-order valence-electron chi connectivity index (χ0n) is 15.7. The summed E-state index contributed by atoms with van der Waals surface area (Å²) in [4.78, 5) is 27.0. The Hall–Kier alpha value is -3.61. The number of hydrogen-bond acceptors (Lipinski definition) is 2. The third-order valence-corrected chi connectivity index (χ3v) is 4.98. The molecule has 1 N–H and O–H groups in total. The van der Waals surface area contributed by atoms with Crippen LogP contribution in [0.15, 0.2) is 66.7 Å². The molecule has 3 aromatic rings. The van der Waals surface area contributed by atoms with Crippen molar-refractivity contribution in [3.8, 4) is 0 Å². The summed E-state index contributed by atoms with van der Waals surface area (Å²) < 4.78 is 40.8. The molecule has 0 aromatic heterocycles. The number of hydrogen-bond donors (Lipinski definition) is 1. The Labute approximate surface area is 170 Å². The van der Waals surface area contributed by atoms with Gasteiger partial charge in [0.1, 0.15) is 24.0 Å². The van der Waals surface area contributed by atoms with Crippen LogP contribution in [0.5, 0.6) is 0 Å². The molecule has 152 valence electrons. The number of halogens is 3. The van der Waals surface area contributed by atoms with Crippen LogP contribution in [0.25, 0.3) is 0 Å². The van der Waals surface area contributed by atoms with Crippen LogP contribution in [0, 0.1) is 17.5 Å². The van der Waals surface area contributed by atoms with Crippen molar-refractivity contribution in [2.45, 2.75) is 12.5 Å². The van der Waals surface area contributed by atoms with Gasteiger partial charge in [-0.1, -0.05) is 24.3 Å². The quantitative estimate of drug-likeness (QED) is 0.703. The summed E-state index contributed by atoms with van der Waals surface area (Å²) in [6.07, 6.45) is -0.0735. The van der Waals surface area contributed by atoms with E-state index in [0.717, 1.165) is 0 Å². The molecule has 0 bridgehead atoms. The molecule has 7 heteroatoms. The first-order valence-corrected chi connectivity index (χ1v) is 9.29. The summed E-state index contributed by atoms with van der Waals surface area (Å²) in [5.41, 5.74) is 1.88. The molecule has 3 aromatic carbocycles. The number of carbonyl (C=O) groups is 2. The maximum absolute atomic E-state index is 14.1. The first kappa shape index (κ1) is 19.7. The number of anilines is 1. The highest BCUT2D eigenvalue weighted by molar-refractivity contribution is 5.97. The molecule has 0 radical (unpaired) electrons. The molecule has 0 spiro atoms. The maximum atomic E-state index is 14.1. The Morgan fingerprint density at radius 2 is 1.50 bits per heavy atom. The number of nitrogens with one attached hydrogen (secondary N) is 1. The largest absolute Gasteiger partial charge is 0.324 e. The SMILES string of the molecule is O=C1CN(C(=O)Cc2ccc(F)cc2)C(c2ccc(F)cc2)c2cc(F)ccc2N1. The molecule has 1 heterocycles. The Balaban J connectivity index is 1.79. The highest BCUT2D eigenvalue weighted by Gasteiger charge is 2.33. The zero-order valence-corrected chi connectivity index (χ0v) is 15.7. The third-order valence-electron chi connectivity index (χ3n) is 4.98. The Morgan fingerprint density at radius 1 is 0.900 bits per heavy atom. The van der Waals surface area contributed by atoms with Gasteiger partial charge in [0.05, 0.1) is 12.5 Å². The number of nitrogens with zero attached hydrogens (tertiary/aromatic N) is 1. The van der Waals surface area contributed by atoms with Gasteiger partial charge in [0, 0.05) is 11.3 Å². The van der Waals surface area contributed by atoms with Crippen molar-refractivity contribution in [2.75, 3.05) is 11.9 Å². The Bertz CT molecular complexity index is 1100. The van der Waals surface area contributed by atoms with Gasteiger partial charge in [0.2, 0.25) is 11.8 Å². The maximum Gasteiger partial charge on any atom is 0.244 e. The minimum absolute atomic E-state index is 0.0735. The van der Waals surface area contributed by atoms with E-state index in [1.54, 1.807) is 0 Å². The second kappa shape index (κ2) is 8.02. The van der Waals surface area contributed by atoms with Crippen LogP contribution in [0.1, 0.15) is 22.7 Å². The van der Waals surface area contributed by atoms with Crippen LogP contribution in [0.2, 0.25) is 0 Å². The number of carbonyl (C=O) groups excluding carboxylic acids is 2. The van der Waals surface area contributed by atoms with Crippen LogP contribution in [0.3, 0.4) is 0 Å². The molecule has 2 amide bonds. The Kier molecular flexibility index (Phi) is 5.27. The first-order chi connectivity index (χ1) is 14.4. The van der Waals surface area contributed by atoms with Gasteiger partial charge in [-0.2, -0.15) is 0 Å². The van der Waals surface area contributed by atoms with E-state index in [1.165, 1.54) is 71.6 Å². The van der Waals surface area contributed by atoms with Gasteiger partial charge in [-0.3, -0.25) is 9.59 Å². The van der Waals surface area contributed by atoms with E-state index in [0.29, 0.717) is 22.4 Å². The predicted octanol–water partition coefficient (Wildman–Crippen LogP) is 4.22. The van der Waals surface area contributed by atoms with Crippen molar-refractivity contribution in [3.05, 3.63) is 101 Å². The van der Waals surface area contributed by atoms with E-state index in [9.17, 15) is 22.8 Å². The molecule has 30 heavy (non-hydrogen) atoms. The summed E-state index contributed by atoms with van der Waals surface area (Å²) in [5, 5.41) is 2.69. The summed E-state index contributed by atoms with van der Waals surface area (Å²) >= 11 is 0. The lowest BCUT2D eigenvalue weighted by molar-refractivity contribution is -0.135. The fourth-order valence-electron chi connectivity index (χ4n) is 3.59. The molecule has 0 saturated carbocycles. The molecule has 0 aliphatic carbocycles. The lowest BCUT2D eigenvalue weighted by Gasteiger charge is -2.30. The van der Waals surface area contributed by atoms with Gasteiger partial charge in [0.25, 0.3) is 0 Å². The average Bonchev–Trinajstić information content (AvgIpc) is 2.86. The molecule has 1 aliphatic heterocycles. The van der Waals surface area contributed by atoms with Gasteiger partial charge < -0.3 is 10.2 Å². The lowest BCUT2D eigenvalue weighted by atomic mass is 9.95. The summed E-state index contributed by atoms with van der Waals surface area (Å²) in [6.45, 7) is -0.266. The molecule has 0 saturated heterocycles. The van der Waals surface area contributed by atoms with Crippen LogP contribution in [-0.2, 0) is 16.0 Å². The second-order valence-electron chi connectivity index (χ2n) is 7.06. The van der Waals surface area contributed by atoms with Crippen LogP contribution in [0.4, 0.5) is 18.9 Å². The van der Waals surface area contributed by atoms with E-state index >= 15 is 0 Å². The number of amides is 2. The molecule has 1 atom stereocenters. The van der Waals surface area contributed by atoms with E-state index in [-0.39, 0.29) is 13.0 Å². The molecule has 4 nitrogen and oxygen atoms in total. The number of rotatable bonds is 3. The summed E-state index contributed by atoms with van der Waals surface area (Å²) in [7, 11) is 0. The first-order valence-electron chi connectivity index (χ1n) is 9.29. The van der Waals surface area contributed by atoms with Crippen molar-refractivity contribution >= 4 is 17.5 Å². The van der Waals surface area contributed by atoms with Gasteiger partial charge in [-0.25, -0.2) is 13.2 Å². The van der Waals surface area contributed by atoms with Crippen LogP contribution < -0.4 is 5.32 Å². The van der Waals surface area contributed by atoms with Gasteiger partial charge in [-0.15, -0.1) is 0 Å². The fraction of sp³-hybridized carbons (Fsp3) is 0.130. The molecule has 4 rings (SSSR count). The molecule has 0 fully saturated rings. The number of fused-ring (bicyclic) bond motifs is 1. The lowest BCUT2D eigenvalue weighted by Crippen LogP contribution is -2.39. The second-order valence-corrected chi connectivity index (χ2v) is 7.06. The molecular formula is C23H17F3N2O2. The zero-order chi connectivity index (χ0) is 21.3. The minimum Gasteiger partial charge on any atom is -0.324 e. The number of benzene rings is 3. The topological polar surface area (TPSA) is 49.4 Å². The molecule has 1 aliphatic rings. The van der Waals surface area contributed by atoms with E-state index < -0.39 is 35.3 Å². The van der Waals surface area contributed by atoms with Crippen molar-refractivity contribution in [2.24, 2.45) is 0 Å². The van der Waals surface area contributed by atoms with E-state index in [1.807, 2.05) is 0 Å².